The van der Waals surface area contributed by atoms with Crippen LogP contribution in [-0.2, 0) is 4.79 Å². The average Bonchev–Trinajstić information content (AvgIpc) is 3.46. The maximum Gasteiger partial charge on any atom is 0.226 e. The second-order valence-corrected chi connectivity index (χ2v) is 9.01. The van der Waals surface area contributed by atoms with E-state index in [1.54, 1.807) is 24.3 Å². The van der Waals surface area contributed by atoms with Gasteiger partial charge in [-0.05, 0) is 32.0 Å². The first kappa shape index (κ1) is 24.1. The Labute approximate surface area is 201 Å². The molecule has 2 N–H and O–H groups in total. The highest BCUT2D eigenvalue weighted by Gasteiger charge is 2.32. The number of unbranched alkanes of at least 4 members (excludes halogenated alkanes) is 2. The lowest BCUT2D eigenvalue weighted by molar-refractivity contribution is -0.130. The molecule has 0 saturated carbocycles. The number of H-pyrrole nitrogens is 1. The van der Waals surface area contributed by atoms with Gasteiger partial charge in [-0.25, -0.2) is 9.37 Å². The Kier molecular flexibility index (Phi) is 7.74. The van der Waals surface area contributed by atoms with Gasteiger partial charge in [-0.1, -0.05) is 41.7 Å². The van der Waals surface area contributed by atoms with Gasteiger partial charge in [0.05, 0.1) is 23.2 Å². The van der Waals surface area contributed by atoms with Gasteiger partial charge in [-0.3, -0.25) is 9.59 Å². The first-order valence-electron chi connectivity index (χ1n) is 11.3. The highest BCUT2D eigenvalue weighted by molar-refractivity contribution is 6.30. The summed E-state index contributed by atoms with van der Waals surface area (Å²) in [6.45, 7) is 1.42. The van der Waals surface area contributed by atoms with Crippen LogP contribution in [0.5, 0.6) is 0 Å². The Bertz CT molecular complexity index is 1130. The number of halogens is 2. The fourth-order valence-corrected chi connectivity index (χ4v) is 4.38. The summed E-state index contributed by atoms with van der Waals surface area (Å²) >= 11 is 6.43. The first-order chi connectivity index (χ1) is 16.4. The van der Waals surface area contributed by atoms with Gasteiger partial charge in [0, 0.05) is 25.6 Å². The summed E-state index contributed by atoms with van der Waals surface area (Å²) in [6, 6.07) is 7.47. The third-order valence-corrected chi connectivity index (χ3v) is 6.32. The Balaban J connectivity index is 1.41. The lowest BCUT2D eigenvalue weighted by Crippen LogP contribution is -2.52. The monoisotopic (exact) mass is 487 g/mol. The van der Waals surface area contributed by atoms with Gasteiger partial charge in [0.1, 0.15) is 23.6 Å². The number of amides is 1. The summed E-state index contributed by atoms with van der Waals surface area (Å²) in [4.78, 5) is 34.4. The van der Waals surface area contributed by atoms with Crippen molar-refractivity contribution in [3.05, 3.63) is 59.0 Å². The summed E-state index contributed by atoms with van der Waals surface area (Å²) in [5.74, 6) is -0.255. The van der Waals surface area contributed by atoms with Gasteiger partial charge in [-0.2, -0.15) is 0 Å². The van der Waals surface area contributed by atoms with E-state index in [-0.39, 0.29) is 22.8 Å². The molecule has 1 fully saturated rings. The van der Waals surface area contributed by atoms with Crippen LogP contribution in [0.3, 0.4) is 0 Å². The minimum atomic E-state index is -0.408. The number of carbonyl (C=O) groups is 2. The van der Waals surface area contributed by atoms with Crippen LogP contribution in [0.4, 0.5) is 4.39 Å². The molecule has 34 heavy (non-hydrogen) atoms. The van der Waals surface area contributed by atoms with E-state index >= 15 is 0 Å². The average molecular weight is 488 g/mol. The zero-order chi connectivity index (χ0) is 24.1. The molecule has 3 heterocycles. The zero-order valence-electron chi connectivity index (χ0n) is 18.9. The molecular formula is C24H27ClFN5O3. The van der Waals surface area contributed by atoms with Crippen LogP contribution in [0.2, 0.25) is 5.15 Å². The molecule has 4 rings (SSSR count). The minimum absolute atomic E-state index is 0.0394. The smallest absolute Gasteiger partial charge is 0.226 e. The molecule has 0 radical (unpaired) electrons. The normalized spacial score (nSPS) is 15.1. The largest absolute Gasteiger partial charge is 0.364 e. The Hall–Kier alpha value is -3.04. The minimum Gasteiger partial charge on any atom is -0.364 e. The van der Waals surface area contributed by atoms with E-state index in [4.69, 9.17) is 16.1 Å². The van der Waals surface area contributed by atoms with Crippen molar-refractivity contribution in [1.82, 2.24) is 25.3 Å². The van der Waals surface area contributed by atoms with Crippen LogP contribution in [0.15, 0.2) is 41.1 Å². The van der Waals surface area contributed by atoms with E-state index in [1.807, 2.05) is 7.05 Å². The third-order valence-electron chi connectivity index (χ3n) is 6.03. The summed E-state index contributed by atoms with van der Waals surface area (Å²) in [6.07, 6.45) is 4.59. The highest BCUT2D eigenvalue weighted by atomic mass is 35.5. The number of aromatic amines is 1. The summed E-state index contributed by atoms with van der Waals surface area (Å²) in [5.41, 5.74) is 1.20. The summed E-state index contributed by atoms with van der Waals surface area (Å²) in [5, 5.41) is 6.96. The fraction of sp³-hybridized carbons (Fsp3) is 0.417. The van der Waals surface area contributed by atoms with Crippen molar-refractivity contribution in [3.63, 3.8) is 0 Å². The van der Waals surface area contributed by atoms with Crippen molar-refractivity contribution in [2.24, 2.45) is 5.92 Å². The van der Waals surface area contributed by atoms with Crippen LogP contribution in [-0.4, -0.2) is 51.9 Å². The van der Waals surface area contributed by atoms with Crippen molar-refractivity contribution in [1.29, 1.82) is 0 Å². The van der Waals surface area contributed by atoms with Crippen LogP contribution in [0.25, 0.3) is 11.4 Å². The lowest BCUT2D eigenvalue weighted by Gasteiger charge is -2.35. The third kappa shape index (κ3) is 5.71. The predicted octanol–water partition coefficient (Wildman–Crippen LogP) is 4.41. The number of nitrogens with zero attached hydrogens (tertiary/aromatic N) is 3. The molecule has 3 aromatic rings. The number of nitrogens with one attached hydrogen (secondary N) is 2. The van der Waals surface area contributed by atoms with Gasteiger partial charge >= 0.3 is 0 Å². The van der Waals surface area contributed by atoms with Gasteiger partial charge in [0.15, 0.2) is 10.9 Å². The van der Waals surface area contributed by atoms with Gasteiger partial charge < -0.3 is 19.7 Å². The number of hydrogen-bond acceptors (Lipinski definition) is 6. The Morgan fingerprint density at radius 3 is 2.76 bits per heavy atom. The predicted molar refractivity (Wildman–Crippen MR) is 125 cm³/mol. The Morgan fingerprint density at radius 2 is 2.06 bits per heavy atom. The molecule has 8 nitrogen and oxygen atoms in total. The molecule has 2 aromatic heterocycles. The Morgan fingerprint density at radius 1 is 1.26 bits per heavy atom. The molecule has 1 amide bonds. The van der Waals surface area contributed by atoms with Crippen molar-refractivity contribution >= 4 is 23.3 Å². The molecule has 1 aliphatic heterocycles. The number of rotatable bonds is 11. The molecule has 0 spiro atoms. The molecule has 180 valence electrons. The molecule has 1 unspecified atom stereocenters. The quantitative estimate of drug-likeness (QED) is 0.306. The summed E-state index contributed by atoms with van der Waals surface area (Å²) in [7, 11) is 1.97. The standard InChI is InChI=1S/C24H27ClFN5O3/c1-31-13-15(14-31)24(33)27-19(9-3-2-4-10-20(32)18-11-12-34-30-18)21-22(25)29-23(28-21)16-7-5-6-8-17(16)26/h5-8,11-12,15,19H,2-4,9-10,13-14H2,1H3,(H,27,33)(H,28,29). The van der Waals surface area contributed by atoms with Gasteiger partial charge in [0.25, 0.3) is 0 Å². The van der Waals surface area contributed by atoms with Crippen molar-refractivity contribution in [3.8, 4) is 11.4 Å². The summed E-state index contributed by atoms with van der Waals surface area (Å²) < 4.78 is 19.0. The van der Waals surface area contributed by atoms with E-state index in [9.17, 15) is 14.0 Å². The van der Waals surface area contributed by atoms with Crippen LogP contribution in [0.1, 0.15) is 54.3 Å². The number of imidazole rings is 1. The highest BCUT2D eigenvalue weighted by Crippen LogP contribution is 2.30. The molecule has 1 aromatic carbocycles. The molecular weight excluding hydrogens is 461 g/mol. The van der Waals surface area contributed by atoms with E-state index in [2.05, 4.69) is 25.3 Å². The van der Waals surface area contributed by atoms with Gasteiger partial charge in [-0.15, -0.1) is 0 Å². The number of likely N-dealkylation sites (tertiary alicyclic amines) is 1. The molecule has 0 aliphatic carbocycles. The van der Waals surface area contributed by atoms with Crippen molar-refractivity contribution < 1.29 is 18.5 Å². The maximum absolute atomic E-state index is 14.3. The van der Waals surface area contributed by atoms with Crippen LogP contribution >= 0.6 is 11.6 Å². The second-order valence-electron chi connectivity index (χ2n) is 8.66. The van der Waals surface area contributed by atoms with Crippen LogP contribution in [0, 0.1) is 11.7 Å². The number of Topliss-reactive ketones (excluding diaryl/α,β-unsaturated/α-hetero) is 1. The van der Waals surface area contributed by atoms with Crippen molar-refractivity contribution in [2.45, 2.75) is 38.1 Å². The first-order valence-corrected chi connectivity index (χ1v) is 11.7. The number of ketones is 1. The van der Waals surface area contributed by atoms with Gasteiger partial charge in [0.2, 0.25) is 5.91 Å². The number of benzene rings is 1. The van der Waals surface area contributed by atoms with E-state index < -0.39 is 11.9 Å². The number of aromatic nitrogens is 3. The van der Waals surface area contributed by atoms with E-state index in [1.165, 1.54) is 12.3 Å². The van der Waals surface area contributed by atoms with Crippen LogP contribution < -0.4 is 5.32 Å². The molecule has 1 aliphatic rings. The lowest BCUT2D eigenvalue weighted by atomic mass is 9.98. The second kappa shape index (κ2) is 10.9. The maximum atomic E-state index is 14.3. The molecule has 1 atom stereocenters. The molecule has 0 bridgehead atoms. The molecule has 1 saturated heterocycles. The fourth-order valence-electron chi connectivity index (χ4n) is 4.12. The molecule has 10 heteroatoms. The topological polar surface area (TPSA) is 104 Å². The number of carbonyl (C=O) groups excluding carboxylic acids is 2. The SMILES string of the molecule is CN1CC(C(=O)NC(CCCCCC(=O)c2ccon2)c2[nH]c(-c3ccccc3F)nc2Cl)C1. The zero-order valence-corrected chi connectivity index (χ0v) is 19.6. The number of hydrogen-bond donors (Lipinski definition) is 2. The van der Waals surface area contributed by atoms with E-state index in [0.717, 1.165) is 12.8 Å². The van der Waals surface area contributed by atoms with E-state index in [0.29, 0.717) is 55.1 Å². The van der Waals surface area contributed by atoms with Crippen molar-refractivity contribution in [2.75, 3.05) is 20.1 Å².